The van der Waals surface area contributed by atoms with Gasteiger partial charge in [0.2, 0.25) is 5.78 Å². The molecule has 3 N–H and O–H groups in total. The largest absolute Gasteiger partial charge is 0.461 e. The Labute approximate surface area is 306 Å². The Morgan fingerprint density at radius 2 is 1.92 bits per heavy atom. The summed E-state index contributed by atoms with van der Waals surface area (Å²) in [6.45, 7) is 6.43. The van der Waals surface area contributed by atoms with Gasteiger partial charge in [0.15, 0.2) is 5.76 Å². The molecule has 1 saturated carbocycles. The van der Waals surface area contributed by atoms with Crippen LogP contribution in [0, 0.1) is 5.41 Å². The molecule has 0 saturated heterocycles. The molecule has 3 aliphatic rings. The number of rotatable bonds is 13. The van der Waals surface area contributed by atoms with Gasteiger partial charge in [-0.05, 0) is 111 Å². The van der Waals surface area contributed by atoms with Crippen LogP contribution in [0.2, 0.25) is 0 Å². The molecule has 4 aromatic rings. The first-order chi connectivity index (χ1) is 24.6. The van der Waals surface area contributed by atoms with Crippen LogP contribution in [0.5, 0.6) is 0 Å². The molecule has 0 aliphatic heterocycles. The van der Waals surface area contributed by atoms with Crippen molar-refractivity contribution in [2.45, 2.75) is 95.5 Å². The van der Waals surface area contributed by atoms with Gasteiger partial charge in [-0.2, -0.15) is 0 Å². The molecule has 2 aromatic heterocycles. The molecule has 272 valence electrons. The van der Waals surface area contributed by atoms with E-state index >= 15 is 0 Å². The van der Waals surface area contributed by atoms with E-state index in [9.17, 15) is 20.1 Å². The number of aliphatic hydroxyl groups excluding tert-OH is 2. The van der Waals surface area contributed by atoms with Crippen molar-refractivity contribution in [2.24, 2.45) is 5.41 Å². The lowest BCUT2D eigenvalue weighted by molar-refractivity contribution is -0.0905. The zero-order valence-corrected chi connectivity index (χ0v) is 30.8. The van der Waals surface area contributed by atoms with E-state index in [2.05, 4.69) is 48.4 Å². The highest BCUT2D eigenvalue weighted by molar-refractivity contribution is 7.09. The number of carbonyl (C=O) groups excluding carboxylic acids is 1. The fourth-order valence-corrected chi connectivity index (χ4v) is 9.00. The lowest BCUT2D eigenvalue weighted by Gasteiger charge is -2.46. The Kier molecular flexibility index (Phi) is 12.4. The summed E-state index contributed by atoms with van der Waals surface area (Å²) in [5.74, 6) is 0.0141. The van der Waals surface area contributed by atoms with Gasteiger partial charge in [0.1, 0.15) is 0 Å². The van der Waals surface area contributed by atoms with Gasteiger partial charge in [0, 0.05) is 35.5 Å². The third-order valence-electron chi connectivity index (χ3n) is 11.3. The highest BCUT2D eigenvalue weighted by atomic mass is 32.1. The Morgan fingerprint density at radius 3 is 2.69 bits per heavy atom. The molecule has 51 heavy (non-hydrogen) atoms. The van der Waals surface area contributed by atoms with Gasteiger partial charge in [-0.25, -0.2) is 0 Å². The zero-order valence-electron chi connectivity index (χ0n) is 30.0. The van der Waals surface area contributed by atoms with Crippen molar-refractivity contribution in [3.63, 3.8) is 0 Å². The molecule has 7 nitrogen and oxygen atoms in total. The number of carbonyl (C=O) groups is 1. The van der Waals surface area contributed by atoms with Crippen LogP contribution >= 0.6 is 11.3 Å². The number of furan rings is 1. The number of allylic oxidation sites excluding steroid dienone is 2. The number of hydrogen-bond acceptors (Lipinski definition) is 8. The zero-order chi connectivity index (χ0) is 35.8. The van der Waals surface area contributed by atoms with Gasteiger partial charge >= 0.3 is 0 Å². The number of nitrogens with zero attached hydrogens (tertiary/aromatic N) is 1. The fraction of sp³-hybridized carbons (Fsp3) is 0.465. The minimum Gasteiger partial charge on any atom is -0.461 e. The fourth-order valence-electron chi connectivity index (χ4n) is 8.30. The number of hydrogen-bond donors (Lipinski definition) is 3. The molecule has 2 bridgehead atoms. The maximum absolute atomic E-state index is 14.0. The third-order valence-corrected chi connectivity index (χ3v) is 12.2. The van der Waals surface area contributed by atoms with E-state index < -0.39 is 23.2 Å². The van der Waals surface area contributed by atoms with E-state index in [0.29, 0.717) is 51.1 Å². The van der Waals surface area contributed by atoms with Crippen LogP contribution in [0.3, 0.4) is 0 Å². The number of ether oxygens (including phenoxy) is 1. The second kappa shape index (κ2) is 17.0. The van der Waals surface area contributed by atoms with Crippen LogP contribution in [0.15, 0.2) is 101 Å². The standard InChI is InChI=1S/C43H53NO6S/c1-31-9-6-20-42(2)39(37-17-15-33(25-34(45)16-14-31)26-38(37)41(47)40-13-7-23-50-40)18-21-43(42,48)30-44(22-19-36-12-8-24-51-36)27-35(46)29-49-28-32-10-4-3-5-11-32/h3-5,7-13,15,17,23-24,26,34-35,39,45-46,48H,6,14,16,18-22,25,27-30H2,1-2H3/t34-,35+,39-,42-,43+/m0/s1. The number of fused-ring (bicyclic) bond motifs is 8. The van der Waals surface area contributed by atoms with Crippen molar-refractivity contribution >= 4 is 17.1 Å². The average molecular weight is 712 g/mol. The first-order valence-electron chi connectivity index (χ1n) is 18.4. The van der Waals surface area contributed by atoms with Crippen LogP contribution in [-0.4, -0.2) is 70.1 Å². The van der Waals surface area contributed by atoms with Crippen molar-refractivity contribution in [3.05, 3.63) is 129 Å². The Hall–Kier alpha value is -3.37. The van der Waals surface area contributed by atoms with Crippen LogP contribution in [0.25, 0.3) is 0 Å². The van der Waals surface area contributed by atoms with Gasteiger partial charge in [-0.1, -0.05) is 67.1 Å². The van der Waals surface area contributed by atoms with Crippen molar-refractivity contribution in [2.75, 3.05) is 26.2 Å². The van der Waals surface area contributed by atoms with Crippen LogP contribution in [0.4, 0.5) is 0 Å². The summed E-state index contributed by atoms with van der Waals surface area (Å²) in [4.78, 5) is 17.5. The van der Waals surface area contributed by atoms with Gasteiger partial charge in [0.05, 0.1) is 37.3 Å². The molecular formula is C43H53NO6S. The predicted molar refractivity (Wildman–Crippen MR) is 202 cm³/mol. The summed E-state index contributed by atoms with van der Waals surface area (Å²) in [5.41, 5.74) is 3.06. The summed E-state index contributed by atoms with van der Waals surface area (Å²) < 4.78 is 11.5. The highest BCUT2D eigenvalue weighted by Crippen LogP contribution is 2.59. The van der Waals surface area contributed by atoms with E-state index in [0.717, 1.165) is 48.8 Å². The lowest BCUT2D eigenvalue weighted by Crippen LogP contribution is -2.54. The van der Waals surface area contributed by atoms with Crippen LogP contribution in [0.1, 0.15) is 96.0 Å². The first-order valence-corrected chi connectivity index (χ1v) is 19.3. The SMILES string of the molecule is CC1=CCC[C@@]2(C)[C@@H](CC[C@@]2(O)CN(CCc2cccs2)C[C@@H](O)COCc2ccccc2)c2ccc(cc2C(=O)c2ccco2)C[C@@H](O)CC1. The summed E-state index contributed by atoms with van der Waals surface area (Å²) in [5, 5.41) is 37.2. The number of aliphatic hydroxyl groups is 3. The van der Waals surface area contributed by atoms with Crippen LogP contribution in [-0.2, 0) is 24.2 Å². The molecule has 5 atom stereocenters. The number of ketones is 1. The molecule has 0 amide bonds. The van der Waals surface area contributed by atoms with E-state index in [4.69, 9.17) is 9.15 Å². The van der Waals surface area contributed by atoms with Crippen molar-refractivity contribution in [1.82, 2.24) is 4.90 Å². The normalized spacial score (nSPS) is 24.6. The molecular weight excluding hydrogens is 659 g/mol. The van der Waals surface area contributed by atoms with E-state index in [1.165, 1.54) is 16.7 Å². The minimum absolute atomic E-state index is 0.0923. The predicted octanol–water partition coefficient (Wildman–Crippen LogP) is 7.73. The smallest absolute Gasteiger partial charge is 0.228 e. The molecule has 8 heteroatoms. The topological polar surface area (TPSA) is 103 Å². The minimum atomic E-state index is -1.09. The molecule has 0 unspecified atom stereocenters. The van der Waals surface area contributed by atoms with Crippen LogP contribution < -0.4 is 0 Å². The van der Waals surface area contributed by atoms with Gasteiger partial charge in [-0.3, -0.25) is 9.69 Å². The maximum Gasteiger partial charge on any atom is 0.228 e. The molecule has 3 aliphatic carbocycles. The van der Waals surface area contributed by atoms with E-state index in [-0.39, 0.29) is 24.1 Å². The second-order valence-corrected chi connectivity index (χ2v) is 16.0. The second-order valence-electron chi connectivity index (χ2n) is 15.0. The molecule has 2 heterocycles. The maximum atomic E-state index is 14.0. The summed E-state index contributed by atoms with van der Waals surface area (Å²) in [6, 6.07) is 23.6. The third kappa shape index (κ3) is 9.17. The number of thiophene rings is 1. The van der Waals surface area contributed by atoms with Crippen molar-refractivity contribution in [3.8, 4) is 0 Å². The molecule has 2 aromatic carbocycles. The first kappa shape index (κ1) is 37.4. The highest BCUT2D eigenvalue weighted by Gasteiger charge is 2.57. The molecule has 1 fully saturated rings. The Morgan fingerprint density at radius 1 is 1.08 bits per heavy atom. The van der Waals surface area contributed by atoms with Gasteiger partial charge < -0.3 is 24.5 Å². The average Bonchev–Trinajstić information content (AvgIpc) is 3.89. The Balaban J connectivity index is 1.30. The monoisotopic (exact) mass is 711 g/mol. The summed E-state index contributed by atoms with van der Waals surface area (Å²) in [6.07, 6.45) is 8.08. The number of benzene rings is 2. The molecule has 7 rings (SSSR count). The van der Waals surface area contributed by atoms with Gasteiger partial charge in [0.25, 0.3) is 0 Å². The van der Waals surface area contributed by atoms with Crippen molar-refractivity contribution < 1.29 is 29.3 Å². The lowest BCUT2D eigenvalue weighted by atomic mass is 9.64. The van der Waals surface area contributed by atoms with Crippen molar-refractivity contribution in [1.29, 1.82) is 0 Å². The summed E-state index contributed by atoms with van der Waals surface area (Å²) >= 11 is 1.72. The molecule has 0 spiro atoms. The Bertz CT molecular complexity index is 1720. The molecule has 0 radical (unpaired) electrons. The van der Waals surface area contributed by atoms with E-state index in [1.54, 1.807) is 23.5 Å². The van der Waals surface area contributed by atoms with E-state index in [1.807, 2.05) is 42.5 Å². The van der Waals surface area contributed by atoms with Gasteiger partial charge in [-0.15, -0.1) is 11.3 Å². The summed E-state index contributed by atoms with van der Waals surface area (Å²) in [7, 11) is 0. The quantitative estimate of drug-likeness (QED) is 0.0964.